The predicted octanol–water partition coefficient (Wildman–Crippen LogP) is 3.70. The first-order chi connectivity index (χ1) is 12.0. The molecule has 0 aliphatic carbocycles. The lowest BCUT2D eigenvalue weighted by molar-refractivity contribution is 0.0956. The first-order valence-electron chi connectivity index (χ1n) is 7.96. The number of benzene rings is 1. The number of nitrogens with one attached hydrogen (secondary N) is 2. The van der Waals surface area contributed by atoms with Crippen LogP contribution in [0.3, 0.4) is 0 Å². The van der Waals surface area contributed by atoms with Gasteiger partial charge in [0.1, 0.15) is 4.21 Å². The largest absolute Gasteiger partial charge is 0.278 e. The van der Waals surface area contributed by atoms with E-state index in [4.69, 9.17) is 0 Å². The van der Waals surface area contributed by atoms with Gasteiger partial charge in [-0.05, 0) is 42.3 Å². The maximum Gasteiger partial charge on any atom is 0.273 e. The molecular formula is C17H21N3O3S2. The molecule has 0 bridgehead atoms. The monoisotopic (exact) mass is 379 g/mol. The van der Waals surface area contributed by atoms with E-state index in [0.717, 1.165) is 24.2 Å². The van der Waals surface area contributed by atoms with Crippen molar-refractivity contribution in [2.75, 3.05) is 4.72 Å². The Labute approximate surface area is 152 Å². The van der Waals surface area contributed by atoms with Gasteiger partial charge in [-0.3, -0.25) is 9.52 Å². The van der Waals surface area contributed by atoms with E-state index in [1.54, 1.807) is 41.9 Å². The Balaban J connectivity index is 2.16. The molecule has 2 N–H and O–H groups in total. The molecule has 0 fully saturated rings. The van der Waals surface area contributed by atoms with E-state index in [2.05, 4.69) is 29.1 Å². The number of rotatable bonds is 8. The van der Waals surface area contributed by atoms with E-state index in [1.807, 2.05) is 0 Å². The van der Waals surface area contributed by atoms with Crippen molar-refractivity contribution < 1.29 is 13.2 Å². The first kappa shape index (κ1) is 19.1. The Kier molecular flexibility index (Phi) is 6.72. The van der Waals surface area contributed by atoms with Crippen LogP contribution in [-0.4, -0.2) is 20.5 Å². The smallest absolute Gasteiger partial charge is 0.273 e. The fourth-order valence-electron chi connectivity index (χ4n) is 2.14. The molecule has 0 spiro atoms. The van der Waals surface area contributed by atoms with Crippen LogP contribution in [0.2, 0.25) is 0 Å². The summed E-state index contributed by atoms with van der Waals surface area (Å²) >= 11 is 1.11. The van der Waals surface area contributed by atoms with Crippen LogP contribution in [0.25, 0.3) is 0 Å². The standard InChI is InChI=1S/C17H21N3O3S2/c1-3-13(4-2)12-18-19-17(21)14-8-5-6-9-15(14)20-25(22,23)16-10-7-11-24-16/h5-13,20H,3-4H2,1-2H3,(H,19,21)/b18-12-. The molecule has 0 atom stereocenters. The van der Waals surface area contributed by atoms with Gasteiger partial charge in [-0.25, -0.2) is 13.8 Å². The summed E-state index contributed by atoms with van der Waals surface area (Å²) in [5.74, 6) is -0.167. The van der Waals surface area contributed by atoms with Crippen molar-refractivity contribution in [3.63, 3.8) is 0 Å². The van der Waals surface area contributed by atoms with Gasteiger partial charge in [0.2, 0.25) is 0 Å². The predicted molar refractivity (Wildman–Crippen MR) is 102 cm³/mol. The fourth-order valence-corrected chi connectivity index (χ4v) is 4.22. The van der Waals surface area contributed by atoms with Crippen molar-refractivity contribution >= 4 is 39.2 Å². The number of hydrazone groups is 1. The minimum atomic E-state index is -3.72. The highest BCUT2D eigenvalue weighted by Gasteiger charge is 2.19. The van der Waals surface area contributed by atoms with Crippen LogP contribution >= 0.6 is 11.3 Å². The maximum absolute atomic E-state index is 12.4. The molecule has 0 radical (unpaired) electrons. The first-order valence-corrected chi connectivity index (χ1v) is 10.3. The molecule has 0 unspecified atom stereocenters. The van der Waals surface area contributed by atoms with Crippen molar-refractivity contribution in [2.45, 2.75) is 30.9 Å². The van der Waals surface area contributed by atoms with Gasteiger partial charge in [-0.2, -0.15) is 5.10 Å². The zero-order valence-electron chi connectivity index (χ0n) is 14.1. The van der Waals surface area contributed by atoms with Gasteiger partial charge in [-0.1, -0.05) is 32.0 Å². The van der Waals surface area contributed by atoms with Gasteiger partial charge < -0.3 is 0 Å². The number of hydrogen-bond acceptors (Lipinski definition) is 5. The SMILES string of the molecule is CCC(/C=N\NC(=O)c1ccccc1NS(=O)(=O)c1cccs1)CC. The molecule has 0 aliphatic rings. The number of carbonyl (C=O) groups is 1. The van der Waals surface area contributed by atoms with Gasteiger partial charge in [0.05, 0.1) is 11.3 Å². The average Bonchev–Trinajstić information content (AvgIpc) is 3.14. The lowest BCUT2D eigenvalue weighted by atomic mass is 10.1. The molecule has 1 heterocycles. The van der Waals surface area contributed by atoms with Crippen molar-refractivity contribution in [1.29, 1.82) is 0 Å². The topological polar surface area (TPSA) is 87.6 Å². The molecule has 0 saturated heterocycles. The Morgan fingerprint density at radius 2 is 1.92 bits per heavy atom. The van der Waals surface area contributed by atoms with Crippen molar-refractivity contribution in [1.82, 2.24) is 5.43 Å². The summed E-state index contributed by atoms with van der Waals surface area (Å²) in [6.07, 6.45) is 3.58. The number of nitrogens with zero attached hydrogens (tertiary/aromatic N) is 1. The highest BCUT2D eigenvalue weighted by Crippen LogP contribution is 2.22. The van der Waals surface area contributed by atoms with E-state index in [-0.39, 0.29) is 15.5 Å². The van der Waals surface area contributed by atoms with Crippen molar-refractivity contribution in [3.8, 4) is 0 Å². The summed E-state index contributed by atoms with van der Waals surface area (Å²) in [5.41, 5.74) is 2.88. The number of carbonyl (C=O) groups excluding carboxylic acids is 1. The molecule has 8 heteroatoms. The van der Waals surface area contributed by atoms with E-state index in [1.165, 1.54) is 6.07 Å². The molecule has 2 rings (SSSR count). The summed E-state index contributed by atoms with van der Waals surface area (Å²) in [4.78, 5) is 12.3. The summed E-state index contributed by atoms with van der Waals surface area (Å²) in [5, 5.41) is 5.66. The molecule has 0 aliphatic heterocycles. The van der Waals surface area contributed by atoms with Crippen LogP contribution in [-0.2, 0) is 10.0 Å². The molecule has 6 nitrogen and oxygen atoms in total. The number of amides is 1. The fraction of sp³-hybridized carbons (Fsp3) is 0.294. The third-order valence-corrected chi connectivity index (χ3v) is 6.44. The summed E-state index contributed by atoms with van der Waals surface area (Å²) in [7, 11) is -3.72. The molecule has 1 aromatic carbocycles. The van der Waals surface area contributed by atoms with Crippen LogP contribution < -0.4 is 10.1 Å². The third kappa shape index (κ3) is 5.14. The van der Waals surface area contributed by atoms with Gasteiger partial charge in [0, 0.05) is 6.21 Å². The van der Waals surface area contributed by atoms with Gasteiger partial charge in [-0.15, -0.1) is 11.3 Å². The number of hydrogen-bond donors (Lipinski definition) is 2. The van der Waals surface area contributed by atoms with Gasteiger partial charge in [0.15, 0.2) is 0 Å². The van der Waals surface area contributed by atoms with Crippen LogP contribution in [0.15, 0.2) is 51.1 Å². The second kappa shape index (κ2) is 8.77. The van der Waals surface area contributed by atoms with E-state index in [0.29, 0.717) is 5.92 Å². The molecule has 25 heavy (non-hydrogen) atoms. The van der Waals surface area contributed by atoms with Gasteiger partial charge in [0.25, 0.3) is 15.9 Å². The molecule has 1 aromatic heterocycles. The Morgan fingerprint density at radius 3 is 2.56 bits per heavy atom. The van der Waals surface area contributed by atoms with E-state index < -0.39 is 15.9 Å². The normalized spacial score (nSPS) is 11.8. The average molecular weight is 380 g/mol. The molecule has 2 aromatic rings. The van der Waals surface area contributed by atoms with Crippen LogP contribution in [0.5, 0.6) is 0 Å². The Bertz CT molecular complexity index is 827. The lowest BCUT2D eigenvalue weighted by Gasteiger charge is -2.11. The van der Waals surface area contributed by atoms with Crippen LogP contribution in [0, 0.1) is 5.92 Å². The van der Waals surface area contributed by atoms with E-state index in [9.17, 15) is 13.2 Å². The summed E-state index contributed by atoms with van der Waals surface area (Å²) < 4.78 is 27.4. The van der Waals surface area contributed by atoms with E-state index >= 15 is 0 Å². The third-order valence-electron chi connectivity index (χ3n) is 3.68. The molecule has 1 amide bonds. The number of sulfonamides is 1. The second-order valence-electron chi connectivity index (χ2n) is 5.38. The zero-order chi connectivity index (χ0) is 18.3. The highest BCUT2D eigenvalue weighted by atomic mass is 32.2. The van der Waals surface area contributed by atoms with Crippen molar-refractivity contribution in [3.05, 3.63) is 47.3 Å². The number of para-hydroxylation sites is 1. The molecule has 0 saturated carbocycles. The Morgan fingerprint density at radius 1 is 1.20 bits per heavy atom. The maximum atomic E-state index is 12.4. The van der Waals surface area contributed by atoms with Gasteiger partial charge >= 0.3 is 0 Å². The molecule has 134 valence electrons. The van der Waals surface area contributed by atoms with Crippen LogP contribution in [0.4, 0.5) is 5.69 Å². The minimum absolute atomic E-state index is 0.189. The number of thiophene rings is 1. The Hall–Kier alpha value is -2.19. The molecular weight excluding hydrogens is 358 g/mol. The zero-order valence-corrected chi connectivity index (χ0v) is 15.7. The highest BCUT2D eigenvalue weighted by molar-refractivity contribution is 7.94. The second-order valence-corrected chi connectivity index (χ2v) is 8.24. The summed E-state index contributed by atoms with van der Waals surface area (Å²) in [6, 6.07) is 9.60. The quantitative estimate of drug-likeness (QED) is 0.541. The minimum Gasteiger partial charge on any atom is -0.278 e. The van der Waals surface area contributed by atoms with Crippen molar-refractivity contribution in [2.24, 2.45) is 11.0 Å². The van der Waals surface area contributed by atoms with Crippen LogP contribution in [0.1, 0.15) is 37.0 Å². The summed E-state index contributed by atoms with van der Waals surface area (Å²) in [6.45, 7) is 4.10. The lowest BCUT2D eigenvalue weighted by Crippen LogP contribution is -2.21. The number of anilines is 1.